The second kappa shape index (κ2) is 7.97. The van der Waals surface area contributed by atoms with E-state index in [0.717, 1.165) is 12.0 Å². The normalized spacial score (nSPS) is 33.3. The van der Waals surface area contributed by atoms with E-state index in [1.54, 1.807) is 0 Å². The Kier molecular flexibility index (Phi) is 5.58. The molecule has 0 aromatic heterocycles. The molecule has 0 unspecified atom stereocenters. The number of rotatable bonds is 10. The highest BCUT2D eigenvalue weighted by Crippen LogP contribution is 2.55. The maximum Gasteiger partial charge on any atom is 0.303 e. The van der Waals surface area contributed by atoms with Crippen LogP contribution in [0.2, 0.25) is 0 Å². The number of fused-ring (bicyclic) bond motifs is 5. The van der Waals surface area contributed by atoms with Crippen molar-refractivity contribution in [2.24, 2.45) is 11.8 Å². The Balaban J connectivity index is 1.37. The van der Waals surface area contributed by atoms with Crippen LogP contribution in [-0.4, -0.2) is 49.7 Å². The average molecular weight is 407 g/mol. The zero-order valence-electron chi connectivity index (χ0n) is 15.6. The Morgan fingerprint density at radius 3 is 2.39 bits per heavy atom. The summed E-state index contributed by atoms with van der Waals surface area (Å²) < 4.78 is 37.4. The number of unbranched alkanes of at least 4 members (excludes halogenated alkanes) is 1. The van der Waals surface area contributed by atoms with Crippen LogP contribution in [0.4, 0.5) is 0 Å². The minimum absolute atomic E-state index is 0.0180. The van der Waals surface area contributed by atoms with Crippen molar-refractivity contribution < 1.29 is 27.8 Å². The molecule has 1 aromatic carbocycles. The van der Waals surface area contributed by atoms with E-state index < -0.39 is 15.8 Å². The number of carboxylic acids is 1. The summed E-state index contributed by atoms with van der Waals surface area (Å²) in [5, 5.41) is 8.69. The molecule has 0 aliphatic carbocycles. The molecule has 2 bridgehead atoms. The summed E-state index contributed by atoms with van der Waals surface area (Å²) in [6, 6.07) is 9.26. The lowest BCUT2D eigenvalue weighted by molar-refractivity contribution is -0.137. The summed E-state index contributed by atoms with van der Waals surface area (Å²) in [5.74, 6) is -0.529. The van der Waals surface area contributed by atoms with E-state index >= 15 is 0 Å². The molecule has 0 saturated carbocycles. The Morgan fingerprint density at radius 1 is 1.00 bits per heavy atom. The van der Waals surface area contributed by atoms with E-state index in [4.69, 9.17) is 14.6 Å². The van der Waals surface area contributed by atoms with Gasteiger partial charge in [-0.2, -0.15) is 0 Å². The second-order valence-corrected chi connectivity index (χ2v) is 10.1. The van der Waals surface area contributed by atoms with Crippen LogP contribution in [0.15, 0.2) is 42.5 Å². The quantitative estimate of drug-likeness (QED) is 0.365. The van der Waals surface area contributed by atoms with Gasteiger partial charge in [0.25, 0.3) is 0 Å². The first-order chi connectivity index (χ1) is 13.4. The largest absolute Gasteiger partial charge is 0.481 e. The fraction of sp³-hybridized carbons (Fsp3) is 0.571. The molecule has 3 heterocycles. The van der Waals surface area contributed by atoms with Gasteiger partial charge in [-0.15, -0.1) is 0 Å². The lowest BCUT2D eigenvalue weighted by atomic mass is 9.78. The SMILES string of the molecule is O=C(O)CCC/C=C\C[C@H]1[C@@H](CS(=O)(=O)Cc2ccccc2)[C@@H]2O[C@H]1[C@@H]1O[C@@H]12. The molecule has 0 radical (unpaired) electrons. The zero-order chi connectivity index (χ0) is 19.7. The minimum atomic E-state index is -3.25. The van der Waals surface area contributed by atoms with Gasteiger partial charge in [0.1, 0.15) is 12.2 Å². The van der Waals surface area contributed by atoms with Gasteiger partial charge in [0.15, 0.2) is 9.84 Å². The average Bonchev–Trinajstić information content (AvgIpc) is 3.27. The van der Waals surface area contributed by atoms with Crippen molar-refractivity contribution in [3.05, 3.63) is 48.0 Å². The fourth-order valence-corrected chi connectivity index (χ4v) is 6.47. The van der Waals surface area contributed by atoms with Crippen LogP contribution in [0.1, 0.15) is 31.2 Å². The summed E-state index contributed by atoms with van der Waals surface area (Å²) in [6.45, 7) is 0. The van der Waals surface area contributed by atoms with Crippen molar-refractivity contribution in [2.45, 2.75) is 55.9 Å². The van der Waals surface area contributed by atoms with Crippen LogP contribution in [0.3, 0.4) is 0 Å². The van der Waals surface area contributed by atoms with Crippen molar-refractivity contribution in [1.29, 1.82) is 0 Å². The third kappa shape index (κ3) is 4.31. The first-order valence-electron chi connectivity index (χ1n) is 9.87. The monoisotopic (exact) mass is 406 g/mol. The van der Waals surface area contributed by atoms with Crippen LogP contribution >= 0.6 is 0 Å². The highest BCUT2D eigenvalue weighted by molar-refractivity contribution is 7.90. The molecule has 6 atom stereocenters. The number of aliphatic carboxylic acids is 1. The van der Waals surface area contributed by atoms with E-state index in [-0.39, 0.29) is 54.2 Å². The van der Waals surface area contributed by atoms with Crippen LogP contribution in [-0.2, 0) is 29.9 Å². The first-order valence-corrected chi connectivity index (χ1v) is 11.7. The zero-order valence-corrected chi connectivity index (χ0v) is 16.5. The van der Waals surface area contributed by atoms with Gasteiger partial charge in [-0.3, -0.25) is 4.79 Å². The molecule has 1 aromatic rings. The Bertz CT molecular complexity index is 834. The molecule has 4 rings (SSSR count). The lowest BCUT2D eigenvalue weighted by Crippen LogP contribution is -2.37. The maximum atomic E-state index is 12.8. The Labute approximate surface area is 165 Å². The summed E-state index contributed by atoms with van der Waals surface area (Å²) in [6.07, 6.45) is 6.34. The third-order valence-corrected chi connectivity index (χ3v) is 7.60. The number of hydrogen-bond acceptors (Lipinski definition) is 5. The summed E-state index contributed by atoms with van der Waals surface area (Å²) in [7, 11) is -3.25. The Morgan fingerprint density at radius 2 is 1.68 bits per heavy atom. The summed E-state index contributed by atoms with van der Waals surface area (Å²) in [5.41, 5.74) is 0.807. The molecule has 3 aliphatic rings. The number of hydrogen-bond donors (Lipinski definition) is 1. The lowest BCUT2D eigenvalue weighted by Gasteiger charge is -2.25. The highest BCUT2D eigenvalue weighted by atomic mass is 32.2. The van der Waals surface area contributed by atoms with Gasteiger partial charge in [-0.05, 0) is 30.7 Å². The Hall–Kier alpha value is -1.70. The van der Waals surface area contributed by atoms with E-state index in [1.165, 1.54) is 0 Å². The molecule has 3 aliphatic heterocycles. The number of sulfone groups is 1. The van der Waals surface area contributed by atoms with Crippen LogP contribution < -0.4 is 0 Å². The molecule has 0 spiro atoms. The predicted octanol–water partition coefficient (Wildman–Crippen LogP) is 2.58. The molecule has 0 amide bonds. The summed E-state index contributed by atoms with van der Waals surface area (Å²) >= 11 is 0. The topological polar surface area (TPSA) is 93.2 Å². The van der Waals surface area contributed by atoms with Gasteiger partial charge in [0.05, 0.1) is 23.7 Å². The van der Waals surface area contributed by atoms with Gasteiger partial charge in [-0.1, -0.05) is 42.5 Å². The van der Waals surface area contributed by atoms with Crippen LogP contribution in [0.25, 0.3) is 0 Å². The number of allylic oxidation sites excluding steroid dienone is 2. The standard InChI is InChI=1S/C21H26O6S/c22-17(23)11-7-2-1-6-10-15-16(19-21-20(27-21)18(15)26-19)13-28(24,25)12-14-8-4-3-5-9-14/h1,3-6,8-9,15-16,18-21H,2,7,10-13H2,(H,22,23)/b6-1-/t15-,16+,18+,19-,20-,21+/m0/s1. The number of benzene rings is 1. The smallest absolute Gasteiger partial charge is 0.303 e. The first kappa shape index (κ1) is 19.6. The molecular formula is C21H26O6S. The number of epoxide rings is 1. The van der Waals surface area contributed by atoms with Crippen molar-refractivity contribution in [1.82, 2.24) is 0 Å². The molecule has 3 fully saturated rings. The second-order valence-electron chi connectivity index (χ2n) is 7.99. The maximum absolute atomic E-state index is 12.8. The van der Waals surface area contributed by atoms with Crippen LogP contribution in [0, 0.1) is 11.8 Å². The van der Waals surface area contributed by atoms with Gasteiger partial charge in [-0.25, -0.2) is 8.42 Å². The van der Waals surface area contributed by atoms with Crippen molar-refractivity contribution >= 4 is 15.8 Å². The van der Waals surface area contributed by atoms with Gasteiger partial charge >= 0.3 is 5.97 Å². The van der Waals surface area contributed by atoms with Crippen LogP contribution in [0.5, 0.6) is 0 Å². The van der Waals surface area contributed by atoms with Crippen molar-refractivity contribution in [3.8, 4) is 0 Å². The van der Waals surface area contributed by atoms with E-state index in [0.29, 0.717) is 12.8 Å². The molecule has 28 heavy (non-hydrogen) atoms. The molecule has 6 nitrogen and oxygen atoms in total. The highest BCUT2D eigenvalue weighted by Gasteiger charge is 2.68. The van der Waals surface area contributed by atoms with Gasteiger partial charge < -0.3 is 14.6 Å². The van der Waals surface area contributed by atoms with Crippen molar-refractivity contribution in [2.75, 3.05) is 5.75 Å². The third-order valence-electron chi connectivity index (χ3n) is 5.93. The van der Waals surface area contributed by atoms with Crippen molar-refractivity contribution in [3.63, 3.8) is 0 Å². The molecule has 1 N–H and O–H groups in total. The summed E-state index contributed by atoms with van der Waals surface area (Å²) in [4.78, 5) is 10.6. The van der Waals surface area contributed by atoms with E-state index in [1.807, 2.05) is 42.5 Å². The molecule has 3 saturated heterocycles. The molecule has 152 valence electrons. The van der Waals surface area contributed by atoms with Gasteiger partial charge in [0.2, 0.25) is 0 Å². The minimum Gasteiger partial charge on any atom is -0.481 e. The number of carbonyl (C=O) groups is 1. The van der Waals surface area contributed by atoms with Gasteiger partial charge in [0, 0.05) is 12.3 Å². The van der Waals surface area contributed by atoms with E-state index in [2.05, 4.69) is 0 Å². The number of ether oxygens (including phenoxy) is 2. The predicted molar refractivity (Wildman–Crippen MR) is 103 cm³/mol. The molecular weight excluding hydrogens is 380 g/mol. The van der Waals surface area contributed by atoms with E-state index in [9.17, 15) is 13.2 Å². The number of carboxylic acid groups (broad SMARTS) is 1. The fourth-order valence-electron chi connectivity index (χ4n) is 4.63. The molecule has 7 heteroatoms.